The number of Topliss-reactive ketones (excluding diaryl/α,β-unsaturated/α-hetero) is 1. The van der Waals surface area contributed by atoms with Gasteiger partial charge in [0.2, 0.25) is 5.78 Å². The van der Waals surface area contributed by atoms with Crippen molar-refractivity contribution in [3.05, 3.63) is 28.5 Å². The molecule has 1 heterocycles. The lowest BCUT2D eigenvalue weighted by atomic mass is 9.95. The third-order valence-electron chi connectivity index (χ3n) is 3.90. The Morgan fingerprint density at radius 1 is 1.40 bits per heavy atom. The third kappa shape index (κ3) is 5.28. The van der Waals surface area contributed by atoms with E-state index in [0.29, 0.717) is 12.8 Å². The number of hydroxylamine groups is 1. The Balaban J connectivity index is 2.16. The molecule has 0 amide bonds. The monoisotopic (exact) mass is 436 g/mol. The minimum absolute atomic E-state index is 0.121. The number of benzene rings is 1. The molecule has 1 aliphatic rings. The van der Waals surface area contributed by atoms with E-state index in [-0.39, 0.29) is 35.5 Å². The van der Waals surface area contributed by atoms with E-state index in [1.54, 1.807) is 5.48 Å². The number of nitrogens with two attached hydrogens (primary N) is 1. The van der Waals surface area contributed by atoms with Gasteiger partial charge in [-0.15, -0.1) is 0 Å². The zero-order chi connectivity index (χ0) is 18.6. The third-order valence-corrected chi connectivity index (χ3v) is 5.59. The van der Waals surface area contributed by atoms with Crippen molar-refractivity contribution in [1.82, 2.24) is 9.79 Å². The van der Waals surface area contributed by atoms with Gasteiger partial charge >= 0.3 is 0 Å². The van der Waals surface area contributed by atoms with Crippen LogP contribution in [0.4, 0.5) is 10.1 Å². The maximum atomic E-state index is 13.3. The van der Waals surface area contributed by atoms with E-state index < -0.39 is 27.7 Å². The molecule has 0 spiro atoms. The summed E-state index contributed by atoms with van der Waals surface area (Å²) in [5.74, 6) is -1.71. The van der Waals surface area contributed by atoms with Crippen molar-refractivity contribution in [2.45, 2.75) is 19.3 Å². The number of hydrogen-bond donors (Lipinski definition) is 3. The van der Waals surface area contributed by atoms with Gasteiger partial charge in [-0.3, -0.25) is 10.0 Å². The van der Waals surface area contributed by atoms with Gasteiger partial charge in [-0.25, -0.2) is 20.0 Å². The summed E-state index contributed by atoms with van der Waals surface area (Å²) in [5, 5.41) is 14.4. The van der Waals surface area contributed by atoms with Gasteiger partial charge in [0.1, 0.15) is 5.82 Å². The minimum Gasteiger partial charge on any atom is -0.290 e. The molecular weight excluding hydrogens is 419 g/mol. The van der Waals surface area contributed by atoms with Crippen LogP contribution in [0.1, 0.15) is 19.3 Å². The Kier molecular flexibility index (Phi) is 6.63. The van der Waals surface area contributed by atoms with Crippen LogP contribution in [-0.2, 0) is 15.0 Å². The molecule has 11 heteroatoms. The average Bonchev–Trinajstić information content (AvgIpc) is 2.81. The summed E-state index contributed by atoms with van der Waals surface area (Å²) < 4.78 is 37.4. The molecule has 25 heavy (non-hydrogen) atoms. The molecule has 0 bridgehead atoms. The smallest absolute Gasteiger partial charge is 0.276 e. The number of nitrogens with zero attached hydrogens (tertiary/aromatic N) is 2. The standard InChI is InChI=1S/C14H18BrFN4O4S/c15-11-8-10(3-4-12(11)16)18-14(19-22)13(21)9-2-1-6-20(7-5-9)25(17,23)24/h3-4,8-9,22H,1-2,5-7H2,(H,18,19)(H2,17,23,24). The fourth-order valence-electron chi connectivity index (χ4n) is 2.60. The molecule has 1 saturated heterocycles. The molecule has 1 atom stereocenters. The highest BCUT2D eigenvalue weighted by molar-refractivity contribution is 9.10. The van der Waals surface area contributed by atoms with Crippen LogP contribution in [0.25, 0.3) is 0 Å². The maximum Gasteiger partial charge on any atom is 0.276 e. The number of halogens is 2. The van der Waals surface area contributed by atoms with Crippen molar-refractivity contribution in [2.75, 3.05) is 13.1 Å². The lowest BCUT2D eigenvalue weighted by molar-refractivity contribution is -0.117. The highest BCUT2D eigenvalue weighted by Crippen LogP contribution is 2.24. The fourth-order valence-corrected chi connectivity index (χ4v) is 3.71. The van der Waals surface area contributed by atoms with Crippen LogP contribution in [0, 0.1) is 11.7 Å². The number of hydrogen-bond acceptors (Lipinski definition) is 5. The number of rotatable bonds is 4. The maximum absolute atomic E-state index is 13.3. The average molecular weight is 437 g/mol. The van der Waals surface area contributed by atoms with Crippen LogP contribution in [0.5, 0.6) is 0 Å². The highest BCUT2D eigenvalue weighted by Gasteiger charge is 2.29. The molecule has 2 rings (SSSR count). The first-order chi connectivity index (χ1) is 11.7. The van der Waals surface area contributed by atoms with Crippen molar-refractivity contribution < 1.29 is 22.8 Å². The van der Waals surface area contributed by atoms with E-state index in [1.807, 2.05) is 0 Å². The molecule has 1 aromatic carbocycles. The van der Waals surface area contributed by atoms with Crippen LogP contribution in [0.15, 0.2) is 27.7 Å². The molecule has 1 aromatic rings. The minimum atomic E-state index is -3.80. The molecule has 0 aromatic heterocycles. The summed E-state index contributed by atoms with van der Waals surface area (Å²) in [6.45, 7) is 0.364. The first-order valence-electron chi connectivity index (χ1n) is 7.48. The zero-order valence-electron chi connectivity index (χ0n) is 13.2. The van der Waals surface area contributed by atoms with Gasteiger partial charge in [-0.05, 0) is 53.4 Å². The molecule has 0 aliphatic carbocycles. The predicted molar refractivity (Wildman–Crippen MR) is 93.1 cm³/mol. The van der Waals surface area contributed by atoms with Crippen LogP contribution in [0.3, 0.4) is 0 Å². The number of carbonyl (C=O) groups is 1. The fraction of sp³-hybridized carbons (Fsp3) is 0.429. The first-order valence-corrected chi connectivity index (χ1v) is 9.78. The predicted octanol–water partition coefficient (Wildman–Crippen LogP) is 1.47. The second-order valence-electron chi connectivity index (χ2n) is 5.61. The van der Waals surface area contributed by atoms with Gasteiger partial charge in [0.25, 0.3) is 10.2 Å². The molecule has 4 N–H and O–H groups in total. The first kappa shape index (κ1) is 19.9. The Morgan fingerprint density at radius 2 is 2.12 bits per heavy atom. The van der Waals surface area contributed by atoms with Crippen LogP contribution >= 0.6 is 15.9 Å². The van der Waals surface area contributed by atoms with Gasteiger partial charge < -0.3 is 0 Å². The quantitative estimate of drug-likeness (QED) is 0.374. The second-order valence-corrected chi connectivity index (χ2v) is 8.01. The van der Waals surface area contributed by atoms with Crippen LogP contribution < -0.4 is 10.6 Å². The normalized spacial score (nSPS) is 20.2. The van der Waals surface area contributed by atoms with Crippen molar-refractivity contribution >= 4 is 43.4 Å². The van der Waals surface area contributed by atoms with Gasteiger partial charge in [0, 0.05) is 19.0 Å². The molecule has 0 radical (unpaired) electrons. The van der Waals surface area contributed by atoms with Gasteiger partial charge in [-0.2, -0.15) is 12.7 Å². The van der Waals surface area contributed by atoms with Crippen molar-refractivity contribution in [3.8, 4) is 0 Å². The van der Waals surface area contributed by atoms with Crippen molar-refractivity contribution in [2.24, 2.45) is 16.0 Å². The van der Waals surface area contributed by atoms with Crippen molar-refractivity contribution in [1.29, 1.82) is 0 Å². The summed E-state index contributed by atoms with van der Waals surface area (Å²) in [5.41, 5.74) is 2.05. The number of amidine groups is 1. The number of aliphatic imine (C=N–C) groups is 1. The number of nitrogens with one attached hydrogen (secondary N) is 1. The van der Waals surface area contributed by atoms with E-state index in [0.717, 1.165) is 4.31 Å². The summed E-state index contributed by atoms with van der Waals surface area (Å²) >= 11 is 3.02. The van der Waals surface area contributed by atoms with Crippen molar-refractivity contribution in [3.63, 3.8) is 0 Å². The van der Waals surface area contributed by atoms with E-state index in [4.69, 9.17) is 5.14 Å². The molecule has 1 fully saturated rings. The Morgan fingerprint density at radius 3 is 2.72 bits per heavy atom. The molecule has 1 unspecified atom stereocenters. The van der Waals surface area contributed by atoms with Crippen LogP contribution in [0.2, 0.25) is 0 Å². The highest BCUT2D eigenvalue weighted by atomic mass is 79.9. The van der Waals surface area contributed by atoms with Gasteiger partial charge in [0.05, 0.1) is 10.2 Å². The molecule has 138 valence electrons. The molecule has 1 aliphatic heterocycles. The van der Waals surface area contributed by atoms with E-state index in [2.05, 4.69) is 20.9 Å². The molecule has 8 nitrogen and oxygen atoms in total. The number of carbonyl (C=O) groups excluding carboxylic acids is 1. The van der Waals surface area contributed by atoms with E-state index >= 15 is 0 Å². The Labute approximate surface area is 153 Å². The van der Waals surface area contributed by atoms with Gasteiger partial charge in [-0.1, -0.05) is 0 Å². The SMILES string of the molecule is NS(=O)(=O)N1CCCC(C(=O)C(=Nc2ccc(F)c(Br)c2)NO)CC1. The second kappa shape index (κ2) is 8.32. The Hall–Kier alpha value is -1.40. The topological polar surface area (TPSA) is 125 Å². The summed E-state index contributed by atoms with van der Waals surface area (Å²) in [7, 11) is -3.80. The molecular formula is C14H18BrFN4O4S. The molecule has 0 saturated carbocycles. The number of ketones is 1. The van der Waals surface area contributed by atoms with E-state index in [9.17, 15) is 22.8 Å². The summed E-state index contributed by atoms with van der Waals surface area (Å²) in [6.07, 6.45) is 1.18. The largest absolute Gasteiger partial charge is 0.290 e. The lowest BCUT2D eigenvalue weighted by Crippen LogP contribution is -2.38. The lowest BCUT2D eigenvalue weighted by Gasteiger charge is -2.16. The van der Waals surface area contributed by atoms with E-state index in [1.165, 1.54) is 18.2 Å². The van der Waals surface area contributed by atoms with Crippen LogP contribution in [-0.4, -0.2) is 42.6 Å². The van der Waals surface area contributed by atoms with Gasteiger partial charge in [0.15, 0.2) is 5.84 Å². The summed E-state index contributed by atoms with van der Waals surface area (Å²) in [6, 6.07) is 3.91. The Bertz CT molecular complexity index is 787. The zero-order valence-corrected chi connectivity index (χ0v) is 15.6. The summed E-state index contributed by atoms with van der Waals surface area (Å²) in [4.78, 5) is 16.6.